The second-order valence-corrected chi connectivity index (χ2v) is 11.5. The third-order valence-corrected chi connectivity index (χ3v) is 7.05. The van der Waals surface area contributed by atoms with E-state index in [2.05, 4.69) is 0 Å². The van der Waals surface area contributed by atoms with Gasteiger partial charge in [0.15, 0.2) is 0 Å². The maximum absolute atomic E-state index is 14.8. The number of rotatable bonds is 7. The van der Waals surface area contributed by atoms with Crippen LogP contribution < -0.4 is 9.46 Å². The van der Waals surface area contributed by atoms with Crippen molar-refractivity contribution in [3.05, 3.63) is 63.2 Å². The van der Waals surface area contributed by atoms with E-state index in [1.165, 1.54) is 6.07 Å². The molecule has 1 saturated carbocycles. The van der Waals surface area contributed by atoms with Crippen LogP contribution in [0.3, 0.4) is 0 Å². The SMILES string of the molecule is CS(=O)(=O)NC(=O)c1cc(C2CC2)c(OC2CCCN(Cc3cc(C(F)(F)F)cc(Cl)c3F)C2)cc1F. The summed E-state index contributed by atoms with van der Waals surface area (Å²) in [6.45, 7) is 0.612. The van der Waals surface area contributed by atoms with E-state index in [1.807, 2.05) is 0 Å². The first-order valence-corrected chi connectivity index (χ1v) is 13.8. The molecule has 4 rings (SSSR count). The fraction of sp³-hybridized carbons (Fsp3) is 0.458. The molecule has 13 heteroatoms. The lowest BCUT2D eigenvalue weighted by molar-refractivity contribution is -0.137. The van der Waals surface area contributed by atoms with Gasteiger partial charge in [-0.1, -0.05) is 11.6 Å². The predicted octanol–water partition coefficient (Wildman–Crippen LogP) is 5.25. The van der Waals surface area contributed by atoms with E-state index in [4.69, 9.17) is 16.3 Å². The van der Waals surface area contributed by atoms with E-state index in [9.17, 15) is 35.2 Å². The van der Waals surface area contributed by atoms with Crippen molar-refractivity contribution in [2.24, 2.45) is 0 Å². The normalized spacial score (nSPS) is 19.1. The molecule has 1 amide bonds. The molecule has 0 radical (unpaired) electrons. The molecule has 202 valence electrons. The number of hydrogen-bond donors (Lipinski definition) is 1. The van der Waals surface area contributed by atoms with Gasteiger partial charge in [0.25, 0.3) is 5.91 Å². The lowest BCUT2D eigenvalue weighted by atomic mass is 10.0. The largest absolute Gasteiger partial charge is 0.489 e. The van der Waals surface area contributed by atoms with E-state index < -0.39 is 56.0 Å². The Morgan fingerprint density at radius 2 is 1.86 bits per heavy atom. The number of benzene rings is 2. The summed E-state index contributed by atoms with van der Waals surface area (Å²) in [5, 5.41) is -0.612. The second kappa shape index (κ2) is 10.4. The summed E-state index contributed by atoms with van der Waals surface area (Å²) in [5.74, 6) is -2.70. The topological polar surface area (TPSA) is 75.7 Å². The van der Waals surface area contributed by atoms with Crippen molar-refractivity contribution in [1.29, 1.82) is 0 Å². The Balaban J connectivity index is 1.52. The molecule has 1 saturated heterocycles. The van der Waals surface area contributed by atoms with Gasteiger partial charge in [0.1, 0.15) is 23.5 Å². The van der Waals surface area contributed by atoms with Crippen LogP contribution in [0.2, 0.25) is 5.02 Å². The summed E-state index contributed by atoms with van der Waals surface area (Å²) in [5.41, 5.74) is -1.07. The molecule has 1 aliphatic heterocycles. The van der Waals surface area contributed by atoms with E-state index >= 15 is 0 Å². The molecule has 2 aromatic rings. The van der Waals surface area contributed by atoms with Crippen LogP contribution in [0, 0.1) is 11.6 Å². The summed E-state index contributed by atoms with van der Waals surface area (Å²) in [7, 11) is -3.89. The highest BCUT2D eigenvalue weighted by molar-refractivity contribution is 7.89. The number of ether oxygens (including phenoxy) is 1. The molecule has 2 fully saturated rings. The molecule has 0 bridgehead atoms. The van der Waals surface area contributed by atoms with Crippen molar-refractivity contribution < 1.29 is 39.9 Å². The maximum atomic E-state index is 14.8. The van der Waals surface area contributed by atoms with Gasteiger partial charge in [-0.2, -0.15) is 13.2 Å². The van der Waals surface area contributed by atoms with Gasteiger partial charge in [-0.3, -0.25) is 9.69 Å². The molecular weight excluding hydrogens is 543 g/mol. The maximum Gasteiger partial charge on any atom is 0.416 e. The zero-order chi connectivity index (χ0) is 27.1. The molecule has 1 atom stereocenters. The Labute approximate surface area is 215 Å². The Hall–Kier alpha value is -2.44. The Bertz CT molecular complexity index is 1320. The van der Waals surface area contributed by atoms with Crippen LogP contribution in [0.15, 0.2) is 24.3 Å². The number of hydrogen-bond acceptors (Lipinski definition) is 5. The average Bonchev–Trinajstić information content (AvgIpc) is 3.60. The molecule has 2 aliphatic rings. The van der Waals surface area contributed by atoms with Crippen molar-refractivity contribution in [1.82, 2.24) is 9.62 Å². The van der Waals surface area contributed by atoms with Gasteiger partial charge in [-0.15, -0.1) is 0 Å². The molecule has 0 spiro atoms. The van der Waals surface area contributed by atoms with Crippen LogP contribution in [0.1, 0.15) is 58.6 Å². The molecule has 1 N–H and O–H groups in total. The van der Waals surface area contributed by atoms with Crippen molar-refractivity contribution in [3.63, 3.8) is 0 Å². The number of sulfonamides is 1. The number of carbonyl (C=O) groups excluding carboxylic acids is 1. The fourth-order valence-electron chi connectivity index (χ4n) is 4.38. The number of alkyl halides is 3. The van der Waals surface area contributed by atoms with E-state index in [0.29, 0.717) is 31.0 Å². The van der Waals surface area contributed by atoms with Crippen molar-refractivity contribution in [3.8, 4) is 5.75 Å². The molecular formula is C24H24ClF5N2O4S. The summed E-state index contributed by atoms with van der Waals surface area (Å²) >= 11 is 5.70. The number of likely N-dealkylation sites (tertiary alicyclic amines) is 1. The summed E-state index contributed by atoms with van der Waals surface area (Å²) < 4.78 is 99.4. The van der Waals surface area contributed by atoms with Crippen LogP contribution in [0.5, 0.6) is 5.75 Å². The van der Waals surface area contributed by atoms with Gasteiger partial charge >= 0.3 is 6.18 Å². The molecule has 6 nitrogen and oxygen atoms in total. The number of halogens is 6. The van der Waals surface area contributed by atoms with E-state index in [0.717, 1.165) is 31.2 Å². The highest BCUT2D eigenvalue weighted by atomic mass is 35.5. The third kappa shape index (κ3) is 6.91. The number of carbonyl (C=O) groups is 1. The highest BCUT2D eigenvalue weighted by Gasteiger charge is 2.34. The molecule has 37 heavy (non-hydrogen) atoms. The second-order valence-electron chi connectivity index (χ2n) is 9.39. The lowest BCUT2D eigenvalue weighted by Crippen LogP contribution is -2.41. The third-order valence-electron chi connectivity index (χ3n) is 6.22. The number of piperidine rings is 1. The minimum absolute atomic E-state index is 0.0291. The van der Waals surface area contributed by atoms with Gasteiger partial charge in [0.2, 0.25) is 10.0 Å². The number of amides is 1. The zero-order valence-electron chi connectivity index (χ0n) is 19.7. The Kier molecular flexibility index (Phi) is 7.74. The zero-order valence-corrected chi connectivity index (χ0v) is 21.2. The fourth-order valence-corrected chi connectivity index (χ4v) is 5.07. The van der Waals surface area contributed by atoms with E-state index in [-0.39, 0.29) is 30.3 Å². The van der Waals surface area contributed by atoms with Gasteiger partial charge < -0.3 is 4.74 Å². The van der Waals surface area contributed by atoms with E-state index in [1.54, 1.807) is 9.62 Å². The van der Waals surface area contributed by atoms with Crippen molar-refractivity contribution in [2.45, 2.75) is 50.4 Å². The van der Waals surface area contributed by atoms with Crippen LogP contribution in [-0.2, 0) is 22.7 Å². The monoisotopic (exact) mass is 566 g/mol. The Morgan fingerprint density at radius 1 is 1.16 bits per heavy atom. The first kappa shape index (κ1) is 27.6. The highest BCUT2D eigenvalue weighted by Crippen LogP contribution is 2.45. The van der Waals surface area contributed by atoms with Crippen LogP contribution >= 0.6 is 11.6 Å². The standard InChI is InChI=1S/C24H24ClF5N2O4S/c1-37(34,35)31-23(33)18-9-17(13-4-5-13)21(10-20(18)26)36-16-3-2-6-32(12-16)11-14-7-15(24(28,29)30)8-19(25)22(14)27/h7-10,13,16H,2-6,11-12H2,1H3,(H,31,33). The lowest BCUT2D eigenvalue weighted by Gasteiger charge is -2.33. The van der Waals surface area contributed by atoms with Gasteiger partial charge in [0, 0.05) is 24.7 Å². The van der Waals surface area contributed by atoms with Gasteiger partial charge in [-0.25, -0.2) is 21.9 Å². The van der Waals surface area contributed by atoms with Gasteiger partial charge in [-0.05, 0) is 61.9 Å². The first-order chi connectivity index (χ1) is 17.2. The minimum atomic E-state index is -4.67. The Morgan fingerprint density at radius 3 is 2.49 bits per heavy atom. The first-order valence-electron chi connectivity index (χ1n) is 11.5. The average molecular weight is 567 g/mol. The summed E-state index contributed by atoms with van der Waals surface area (Å²) in [4.78, 5) is 14.0. The smallest absolute Gasteiger partial charge is 0.416 e. The van der Waals surface area contributed by atoms with Crippen molar-refractivity contribution >= 4 is 27.5 Å². The summed E-state index contributed by atoms with van der Waals surface area (Å²) in [6.07, 6.45) is -1.59. The summed E-state index contributed by atoms with van der Waals surface area (Å²) in [6, 6.07) is 3.64. The quantitative estimate of drug-likeness (QED) is 0.464. The van der Waals surface area contributed by atoms with Crippen molar-refractivity contribution in [2.75, 3.05) is 19.3 Å². The van der Waals surface area contributed by atoms with Crippen LogP contribution in [0.4, 0.5) is 22.0 Å². The number of nitrogens with zero attached hydrogens (tertiary/aromatic N) is 1. The molecule has 0 aromatic heterocycles. The van der Waals surface area contributed by atoms with Crippen LogP contribution in [0.25, 0.3) is 0 Å². The molecule has 1 heterocycles. The van der Waals surface area contributed by atoms with Gasteiger partial charge in [0.05, 0.1) is 22.4 Å². The predicted molar refractivity (Wildman–Crippen MR) is 126 cm³/mol. The minimum Gasteiger partial charge on any atom is -0.489 e. The molecule has 1 unspecified atom stereocenters. The molecule has 1 aliphatic carbocycles. The van der Waals surface area contributed by atoms with Crippen LogP contribution in [-0.4, -0.2) is 44.7 Å². The number of nitrogens with one attached hydrogen (secondary N) is 1. The molecule has 2 aromatic carbocycles.